The predicted molar refractivity (Wildman–Crippen MR) is 46.8 cm³/mol. The number of rotatable bonds is 1. The summed E-state index contributed by atoms with van der Waals surface area (Å²) in [4.78, 5) is 0. The van der Waals surface area contributed by atoms with Crippen LogP contribution >= 0.6 is 15.9 Å². The summed E-state index contributed by atoms with van der Waals surface area (Å²) in [5.41, 5.74) is 5.73. The Balaban J connectivity index is 3.27. The number of nitrogen functional groups attached to an aromatic ring is 1. The second kappa shape index (κ2) is 2.92. The molecule has 1 aromatic carbocycles. The molecule has 58 valence electrons. The topological polar surface area (TPSA) is 70.1 Å². The lowest BCUT2D eigenvalue weighted by atomic mass is 10.2. The molecule has 0 fully saturated rings. The quantitative estimate of drug-likeness (QED) is 0.490. The fourth-order valence-electron chi connectivity index (χ4n) is 0.728. The number of benzene rings is 1. The number of halogens is 1. The Bertz CT molecular complexity index is 298. The standard InChI is InChI=1S/C7H7BrN2O/c8-6-4(7(9)10)2-1-3-5(6)11/h1-3,11H,(H3,9,10). The molecule has 1 aromatic rings. The second-order valence-electron chi connectivity index (χ2n) is 2.05. The molecule has 4 N–H and O–H groups in total. The van der Waals surface area contributed by atoms with E-state index in [9.17, 15) is 0 Å². The summed E-state index contributed by atoms with van der Waals surface area (Å²) in [6.45, 7) is 0. The lowest BCUT2D eigenvalue weighted by Gasteiger charge is -2.02. The van der Waals surface area contributed by atoms with Crippen molar-refractivity contribution in [3.63, 3.8) is 0 Å². The number of aromatic hydroxyl groups is 1. The van der Waals surface area contributed by atoms with E-state index in [0.717, 1.165) is 0 Å². The zero-order chi connectivity index (χ0) is 8.43. The third-order valence-electron chi connectivity index (χ3n) is 1.27. The maximum Gasteiger partial charge on any atom is 0.130 e. The maximum absolute atomic E-state index is 9.15. The Kier molecular flexibility index (Phi) is 2.14. The molecule has 0 bridgehead atoms. The molecule has 0 saturated heterocycles. The van der Waals surface area contributed by atoms with Crippen molar-refractivity contribution in [1.82, 2.24) is 0 Å². The Morgan fingerprint density at radius 3 is 2.64 bits per heavy atom. The van der Waals surface area contributed by atoms with E-state index in [1.807, 2.05) is 0 Å². The molecular formula is C7H7BrN2O. The Labute approximate surface area is 72.5 Å². The van der Waals surface area contributed by atoms with Crippen LogP contribution in [0.1, 0.15) is 5.56 Å². The van der Waals surface area contributed by atoms with Crippen LogP contribution in [0, 0.1) is 5.41 Å². The van der Waals surface area contributed by atoms with E-state index in [4.69, 9.17) is 16.2 Å². The summed E-state index contributed by atoms with van der Waals surface area (Å²) in [6, 6.07) is 4.82. The molecule has 11 heavy (non-hydrogen) atoms. The van der Waals surface area contributed by atoms with E-state index < -0.39 is 0 Å². The van der Waals surface area contributed by atoms with Gasteiger partial charge in [0.2, 0.25) is 0 Å². The number of hydrogen-bond acceptors (Lipinski definition) is 2. The number of amidine groups is 1. The van der Waals surface area contributed by atoms with Crippen LogP contribution in [0.2, 0.25) is 0 Å². The van der Waals surface area contributed by atoms with Crippen molar-refractivity contribution in [2.45, 2.75) is 0 Å². The summed E-state index contributed by atoms with van der Waals surface area (Å²) in [5.74, 6) is 0.0328. The molecule has 0 aromatic heterocycles. The highest BCUT2D eigenvalue weighted by atomic mass is 79.9. The van der Waals surface area contributed by atoms with Crippen LogP contribution in [-0.4, -0.2) is 10.9 Å². The third kappa shape index (κ3) is 1.51. The fourth-order valence-corrected chi connectivity index (χ4v) is 1.21. The minimum absolute atomic E-state index is 0.0622. The minimum atomic E-state index is -0.0622. The molecule has 0 heterocycles. The van der Waals surface area contributed by atoms with Gasteiger partial charge in [-0.1, -0.05) is 6.07 Å². The van der Waals surface area contributed by atoms with Crippen molar-refractivity contribution < 1.29 is 5.11 Å². The van der Waals surface area contributed by atoms with E-state index >= 15 is 0 Å². The van der Waals surface area contributed by atoms with Gasteiger partial charge in [-0.2, -0.15) is 0 Å². The van der Waals surface area contributed by atoms with Crippen LogP contribution in [0.5, 0.6) is 5.75 Å². The van der Waals surface area contributed by atoms with Crippen molar-refractivity contribution >= 4 is 21.8 Å². The van der Waals surface area contributed by atoms with E-state index in [2.05, 4.69) is 15.9 Å². The fraction of sp³-hybridized carbons (Fsp3) is 0. The van der Waals surface area contributed by atoms with Crippen molar-refractivity contribution in [2.24, 2.45) is 5.73 Å². The lowest BCUT2D eigenvalue weighted by molar-refractivity contribution is 0.472. The summed E-state index contributed by atoms with van der Waals surface area (Å²) >= 11 is 3.11. The molecule has 4 heteroatoms. The monoisotopic (exact) mass is 214 g/mol. The molecule has 0 atom stereocenters. The number of phenols is 1. The van der Waals surface area contributed by atoms with E-state index in [0.29, 0.717) is 10.0 Å². The van der Waals surface area contributed by atoms with Crippen molar-refractivity contribution in [3.05, 3.63) is 28.2 Å². The van der Waals surface area contributed by atoms with Gasteiger partial charge in [-0.3, -0.25) is 5.41 Å². The summed E-state index contributed by atoms with van der Waals surface area (Å²) in [6.07, 6.45) is 0. The van der Waals surface area contributed by atoms with Crippen LogP contribution < -0.4 is 5.73 Å². The van der Waals surface area contributed by atoms with Gasteiger partial charge < -0.3 is 10.8 Å². The zero-order valence-electron chi connectivity index (χ0n) is 5.63. The summed E-state index contributed by atoms with van der Waals surface area (Å²) in [7, 11) is 0. The van der Waals surface area contributed by atoms with Crippen LogP contribution in [0.15, 0.2) is 22.7 Å². The molecule has 3 nitrogen and oxygen atoms in total. The largest absolute Gasteiger partial charge is 0.507 e. The number of phenolic OH excluding ortho intramolecular Hbond substituents is 1. The second-order valence-corrected chi connectivity index (χ2v) is 2.85. The van der Waals surface area contributed by atoms with Gasteiger partial charge in [0.15, 0.2) is 0 Å². The molecule has 0 radical (unpaired) electrons. The Hall–Kier alpha value is -1.03. The minimum Gasteiger partial charge on any atom is -0.507 e. The third-order valence-corrected chi connectivity index (χ3v) is 2.10. The van der Waals surface area contributed by atoms with Crippen molar-refractivity contribution in [2.75, 3.05) is 0 Å². The Morgan fingerprint density at radius 1 is 1.55 bits per heavy atom. The smallest absolute Gasteiger partial charge is 0.130 e. The molecule has 0 saturated carbocycles. The maximum atomic E-state index is 9.15. The van der Waals surface area contributed by atoms with Crippen molar-refractivity contribution in [1.29, 1.82) is 5.41 Å². The SMILES string of the molecule is N=C(N)c1cccc(O)c1Br. The first-order valence-corrected chi connectivity index (χ1v) is 3.74. The summed E-state index contributed by atoms with van der Waals surface area (Å²) in [5, 5.41) is 16.3. The Morgan fingerprint density at radius 2 is 2.18 bits per heavy atom. The van der Waals surface area contributed by atoms with Gasteiger partial charge in [-0.15, -0.1) is 0 Å². The lowest BCUT2D eigenvalue weighted by Crippen LogP contribution is -2.11. The first-order valence-electron chi connectivity index (χ1n) is 2.95. The van der Waals surface area contributed by atoms with E-state index in [-0.39, 0.29) is 11.6 Å². The average molecular weight is 215 g/mol. The van der Waals surface area contributed by atoms with Crippen LogP contribution in [0.25, 0.3) is 0 Å². The molecule has 0 aliphatic heterocycles. The first-order chi connectivity index (χ1) is 5.13. The summed E-state index contributed by atoms with van der Waals surface area (Å²) < 4.78 is 0.465. The van der Waals surface area contributed by atoms with Gasteiger partial charge >= 0.3 is 0 Å². The molecule has 0 aliphatic carbocycles. The van der Waals surface area contributed by atoms with Gasteiger partial charge in [0.1, 0.15) is 11.6 Å². The average Bonchev–Trinajstić information content (AvgIpc) is 1.94. The molecule has 0 amide bonds. The van der Waals surface area contributed by atoms with Gasteiger partial charge in [0.05, 0.1) is 4.47 Å². The first kappa shape index (κ1) is 8.07. The van der Waals surface area contributed by atoms with E-state index in [1.165, 1.54) is 6.07 Å². The molecular weight excluding hydrogens is 208 g/mol. The highest BCUT2D eigenvalue weighted by Gasteiger charge is 2.05. The molecule has 0 aliphatic rings. The van der Waals surface area contributed by atoms with Gasteiger partial charge in [0, 0.05) is 5.56 Å². The van der Waals surface area contributed by atoms with Crippen LogP contribution in [-0.2, 0) is 0 Å². The highest BCUT2D eigenvalue weighted by Crippen LogP contribution is 2.26. The predicted octanol–water partition coefficient (Wildman–Crippen LogP) is 1.44. The number of hydrogen-bond donors (Lipinski definition) is 3. The van der Waals surface area contributed by atoms with Crippen molar-refractivity contribution in [3.8, 4) is 5.75 Å². The molecule has 0 unspecified atom stereocenters. The van der Waals surface area contributed by atoms with Crippen LogP contribution in [0.3, 0.4) is 0 Å². The number of nitrogens with one attached hydrogen (secondary N) is 1. The van der Waals surface area contributed by atoms with E-state index in [1.54, 1.807) is 12.1 Å². The van der Waals surface area contributed by atoms with Crippen LogP contribution in [0.4, 0.5) is 0 Å². The normalized spacial score (nSPS) is 9.55. The van der Waals surface area contributed by atoms with Gasteiger partial charge in [0.25, 0.3) is 0 Å². The molecule has 0 spiro atoms. The highest BCUT2D eigenvalue weighted by molar-refractivity contribution is 9.10. The number of nitrogens with two attached hydrogens (primary N) is 1. The zero-order valence-corrected chi connectivity index (χ0v) is 7.22. The van der Waals surface area contributed by atoms with Gasteiger partial charge in [-0.25, -0.2) is 0 Å². The molecule has 1 rings (SSSR count). The van der Waals surface area contributed by atoms with Gasteiger partial charge in [-0.05, 0) is 28.1 Å².